The van der Waals surface area contributed by atoms with Gasteiger partial charge < -0.3 is 9.15 Å². The van der Waals surface area contributed by atoms with Crippen LogP contribution in [0.3, 0.4) is 0 Å². The summed E-state index contributed by atoms with van der Waals surface area (Å²) in [6.07, 6.45) is 4.88. The number of hydrogen-bond donors (Lipinski definition) is 0. The molecule has 0 radical (unpaired) electrons. The fourth-order valence-corrected chi connectivity index (χ4v) is 3.66. The molecule has 0 atom stereocenters. The van der Waals surface area contributed by atoms with Gasteiger partial charge in [-0.15, -0.1) is 10.2 Å². The van der Waals surface area contributed by atoms with E-state index < -0.39 is 0 Å². The summed E-state index contributed by atoms with van der Waals surface area (Å²) >= 11 is 0. The average Bonchev–Trinajstić information content (AvgIpc) is 3.62. The zero-order chi connectivity index (χ0) is 23.2. The monoisotopic (exact) mass is 447 g/mol. The van der Waals surface area contributed by atoms with Crippen LogP contribution < -0.4 is 9.75 Å². The van der Waals surface area contributed by atoms with Gasteiger partial charge in [0.25, 0.3) is 0 Å². The van der Waals surface area contributed by atoms with E-state index in [4.69, 9.17) is 9.15 Å². The van der Waals surface area contributed by atoms with Crippen molar-refractivity contribution in [2.45, 2.75) is 13.2 Å². The molecule has 0 amide bonds. The van der Waals surface area contributed by atoms with Gasteiger partial charge in [-0.2, -0.15) is 5.26 Å². The summed E-state index contributed by atoms with van der Waals surface area (Å²) in [4.78, 5) is 0. The van der Waals surface area contributed by atoms with E-state index in [1.54, 1.807) is 25.0 Å². The Balaban J connectivity index is 1.39. The van der Waals surface area contributed by atoms with Crippen LogP contribution in [0.15, 0.2) is 108 Å². The number of nitrogens with zero attached hydrogens (tertiary/aromatic N) is 5. The Morgan fingerprint density at radius 3 is 2.38 bits per heavy atom. The fourth-order valence-electron chi connectivity index (χ4n) is 3.66. The molecule has 5 aromatic rings. The van der Waals surface area contributed by atoms with E-state index in [1.807, 2.05) is 88.5 Å². The second-order valence-electron chi connectivity index (χ2n) is 7.64. The molecule has 5 rings (SSSR count). The Hall–Kier alpha value is -4.83. The molecule has 34 heavy (non-hydrogen) atoms. The van der Waals surface area contributed by atoms with Crippen molar-refractivity contribution in [2.24, 2.45) is 0 Å². The van der Waals surface area contributed by atoms with E-state index in [-0.39, 0.29) is 0 Å². The highest BCUT2D eigenvalue weighted by molar-refractivity contribution is 5.71. The number of nitriles is 1. The topological polar surface area (TPSA) is 80.1 Å². The van der Waals surface area contributed by atoms with Crippen molar-refractivity contribution >= 4 is 5.69 Å². The van der Waals surface area contributed by atoms with Crippen LogP contribution in [-0.4, -0.2) is 14.9 Å². The highest BCUT2D eigenvalue weighted by Crippen LogP contribution is 2.30. The first-order valence-electron chi connectivity index (χ1n) is 10.8. The van der Waals surface area contributed by atoms with Crippen LogP contribution >= 0.6 is 0 Å². The Labute approximate surface area is 197 Å². The zero-order valence-electron chi connectivity index (χ0n) is 18.3. The van der Waals surface area contributed by atoms with Crippen LogP contribution in [0, 0.1) is 11.3 Å². The Morgan fingerprint density at radius 2 is 1.68 bits per heavy atom. The third kappa shape index (κ3) is 4.66. The van der Waals surface area contributed by atoms with Crippen LogP contribution in [-0.2, 0) is 13.2 Å². The molecule has 7 nitrogen and oxygen atoms in total. The summed E-state index contributed by atoms with van der Waals surface area (Å²) in [7, 11) is 0. The SMILES string of the molecule is N#Cc1ccc(N(Cc2ccc(OCc3ccccc3)cc2)n2cnnc2)cc1-c1ccco1. The quantitative estimate of drug-likeness (QED) is 0.314. The molecular formula is C27H21N5O2. The van der Waals surface area contributed by atoms with Gasteiger partial charge in [0, 0.05) is 5.56 Å². The molecule has 166 valence electrons. The van der Waals surface area contributed by atoms with E-state index in [2.05, 4.69) is 16.3 Å². The van der Waals surface area contributed by atoms with Crippen LogP contribution in [0.1, 0.15) is 16.7 Å². The third-order valence-electron chi connectivity index (χ3n) is 5.40. The predicted octanol–water partition coefficient (Wildman–Crippen LogP) is 5.46. The van der Waals surface area contributed by atoms with E-state index in [0.29, 0.717) is 24.5 Å². The minimum Gasteiger partial charge on any atom is -0.489 e. The van der Waals surface area contributed by atoms with Crippen molar-refractivity contribution < 1.29 is 9.15 Å². The van der Waals surface area contributed by atoms with E-state index in [0.717, 1.165) is 28.1 Å². The molecule has 0 saturated heterocycles. The molecule has 0 aliphatic carbocycles. The first-order chi connectivity index (χ1) is 16.8. The van der Waals surface area contributed by atoms with Crippen LogP contribution in [0.25, 0.3) is 11.3 Å². The van der Waals surface area contributed by atoms with Gasteiger partial charge >= 0.3 is 0 Å². The first-order valence-corrected chi connectivity index (χ1v) is 10.8. The molecular weight excluding hydrogens is 426 g/mol. The summed E-state index contributed by atoms with van der Waals surface area (Å²) < 4.78 is 13.3. The third-order valence-corrected chi connectivity index (χ3v) is 5.40. The standard InChI is InChI=1S/C27H21N5O2/c28-16-23-10-11-24(15-26(23)27-7-4-14-33-27)32(31-19-29-30-20-31)17-21-8-12-25(13-9-21)34-18-22-5-2-1-3-6-22/h1-15,19-20H,17-18H2. The second kappa shape index (κ2) is 9.76. The molecule has 2 aromatic heterocycles. The molecule has 0 bridgehead atoms. The minimum atomic E-state index is 0.522. The van der Waals surface area contributed by atoms with Gasteiger partial charge in [-0.3, -0.25) is 5.01 Å². The lowest BCUT2D eigenvalue weighted by atomic mass is 10.0. The number of anilines is 1. The molecule has 0 fully saturated rings. The molecule has 0 saturated carbocycles. The maximum absolute atomic E-state index is 9.57. The van der Waals surface area contributed by atoms with E-state index in [9.17, 15) is 5.26 Å². The predicted molar refractivity (Wildman–Crippen MR) is 128 cm³/mol. The summed E-state index contributed by atoms with van der Waals surface area (Å²) in [6, 6.07) is 29.6. The van der Waals surface area contributed by atoms with Crippen molar-refractivity contribution in [1.29, 1.82) is 5.26 Å². The molecule has 0 aliphatic rings. The summed E-state index contributed by atoms with van der Waals surface area (Å²) in [5.41, 5.74) is 4.34. The van der Waals surface area contributed by atoms with Gasteiger partial charge in [-0.25, -0.2) is 4.68 Å². The van der Waals surface area contributed by atoms with Crippen LogP contribution in [0.2, 0.25) is 0 Å². The number of aromatic nitrogens is 3. The lowest BCUT2D eigenvalue weighted by molar-refractivity contribution is 0.306. The van der Waals surface area contributed by atoms with Crippen LogP contribution in [0.4, 0.5) is 5.69 Å². The minimum absolute atomic E-state index is 0.522. The first kappa shape index (κ1) is 21.0. The molecule has 0 N–H and O–H groups in total. The van der Waals surface area contributed by atoms with Crippen molar-refractivity contribution in [3.05, 3.63) is 121 Å². The summed E-state index contributed by atoms with van der Waals surface area (Å²) in [5, 5.41) is 19.5. The molecule has 0 aliphatic heterocycles. The molecule has 2 heterocycles. The number of ether oxygens (including phenoxy) is 1. The fraction of sp³-hybridized carbons (Fsp3) is 0.0741. The lowest BCUT2D eigenvalue weighted by Gasteiger charge is -2.25. The van der Waals surface area contributed by atoms with Gasteiger partial charge in [-0.05, 0) is 53.6 Å². The van der Waals surface area contributed by atoms with Gasteiger partial charge in [0.05, 0.1) is 30.1 Å². The van der Waals surface area contributed by atoms with Crippen molar-refractivity contribution in [3.8, 4) is 23.1 Å². The summed E-state index contributed by atoms with van der Waals surface area (Å²) in [5.74, 6) is 1.45. The Kier molecular flexibility index (Phi) is 6.04. The molecule has 0 spiro atoms. The van der Waals surface area contributed by atoms with E-state index >= 15 is 0 Å². The average molecular weight is 447 g/mol. The van der Waals surface area contributed by atoms with Gasteiger partial charge in [0.2, 0.25) is 0 Å². The van der Waals surface area contributed by atoms with Gasteiger partial charge in [-0.1, -0.05) is 42.5 Å². The normalized spacial score (nSPS) is 10.6. The van der Waals surface area contributed by atoms with Gasteiger partial charge in [0.15, 0.2) is 0 Å². The summed E-state index contributed by atoms with van der Waals surface area (Å²) in [6.45, 7) is 1.08. The maximum Gasteiger partial charge on any atom is 0.139 e. The number of benzene rings is 3. The highest BCUT2D eigenvalue weighted by Gasteiger charge is 2.15. The van der Waals surface area contributed by atoms with Crippen molar-refractivity contribution in [1.82, 2.24) is 14.9 Å². The number of furan rings is 1. The maximum atomic E-state index is 9.57. The largest absolute Gasteiger partial charge is 0.489 e. The zero-order valence-corrected chi connectivity index (χ0v) is 18.3. The smallest absolute Gasteiger partial charge is 0.139 e. The second-order valence-corrected chi connectivity index (χ2v) is 7.64. The molecule has 0 unspecified atom stereocenters. The Bertz CT molecular complexity index is 1370. The lowest BCUT2D eigenvalue weighted by Crippen LogP contribution is -2.27. The highest BCUT2D eigenvalue weighted by atomic mass is 16.5. The number of hydrogen-bond acceptors (Lipinski definition) is 6. The van der Waals surface area contributed by atoms with Gasteiger partial charge in [0.1, 0.15) is 30.8 Å². The molecule has 3 aromatic carbocycles. The van der Waals surface area contributed by atoms with E-state index in [1.165, 1.54) is 0 Å². The number of rotatable bonds is 8. The Morgan fingerprint density at radius 1 is 0.882 bits per heavy atom. The van der Waals surface area contributed by atoms with Crippen molar-refractivity contribution in [3.63, 3.8) is 0 Å². The van der Waals surface area contributed by atoms with Crippen molar-refractivity contribution in [2.75, 3.05) is 5.01 Å². The van der Waals surface area contributed by atoms with Crippen LogP contribution in [0.5, 0.6) is 5.75 Å². The molecule has 7 heteroatoms.